The molecule has 1 unspecified atom stereocenters. The van der Waals surface area contributed by atoms with Gasteiger partial charge in [-0.1, -0.05) is 30.3 Å². The highest BCUT2D eigenvalue weighted by Crippen LogP contribution is 2.10. The number of carbonyl (C=O) groups is 1. The van der Waals surface area contributed by atoms with Crippen LogP contribution in [0.15, 0.2) is 30.3 Å². The van der Waals surface area contributed by atoms with E-state index in [1.807, 2.05) is 0 Å². The number of aliphatic hydroxyl groups is 4. The van der Waals surface area contributed by atoms with E-state index in [0.29, 0.717) is 0 Å². The maximum absolute atomic E-state index is 11.3. The number of ketones is 1. The van der Waals surface area contributed by atoms with Crippen LogP contribution < -0.4 is 0 Å². The summed E-state index contributed by atoms with van der Waals surface area (Å²) in [7, 11) is 0. The fraction of sp³-hybridized carbons (Fsp3) is 0.222. The lowest BCUT2D eigenvalue weighted by Gasteiger charge is -2.19. The molecular formula is C9H10O5. The van der Waals surface area contributed by atoms with Gasteiger partial charge in [0.2, 0.25) is 0 Å². The van der Waals surface area contributed by atoms with Gasteiger partial charge < -0.3 is 20.4 Å². The van der Waals surface area contributed by atoms with Gasteiger partial charge in [0.1, 0.15) is 0 Å². The molecule has 0 spiro atoms. The average Bonchev–Trinajstić information content (AvgIpc) is 2.15. The first-order valence-corrected chi connectivity index (χ1v) is 3.87. The highest BCUT2D eigenvalue weighted by Gasteiger charge is 2.36. The summed E-state index contributed by atoms with van der Waals surface area (Å²) in [5.74, 6) is -4.37. The van der Waals surface area contributed by atoms with Crippen molar-refractivity contribution in [3.05, 3.63) is 35.9 Å². The van der Waals surface area contributed by atoms with Crippen LogP contribution in [0.2, 0.25) is 0 Å². The van der Waals surface area contributed by atoms with Gasteiger partial charge in [-0.05, 0) is 0 Å². The predicted molar refractivity (Wildman–Crippen MR) is 46.2 cm³/mol. The van der Waals surface area contributed by atoms with Crippen LogP contribution in [0.4, 0.5) is 0 Å². The maximum atomic E-state index is 11.3. The fourth-order valence-electron chi connectivity index (χ4n) is 0.936. The van der Waals surface area contributed by atoms with E-state index in [4.69, 9.17) is 20.4 Å². The van der Waals surface area contributed by atoms with Crippen molar-refractivity contribution >= 4 is 5.78 Å². The number of benzene rings is 1. The van der Waals surface area contributed by atoms with Gasteiger partial charge in [0.15, 0.2) is 11.9 Å². The minimum atomic E-state index is -3.41. The molecule has 1 rings (SSSR count). The second-order valence-corrected chi connectivity index (χ2v) is 2.82. The Morgan fingerprint density at radius 3 is 2.07 bits per heavy atom. The highest BCUT2D eigenvalue weighted by atomic mass is 16.7. The molecule has 14 heavy (non-hydrogen) atoms. The number of hydrogen-bond acceptors (Lipinski definition) is 5. The fourth-order valence-corrected chi connectivity index (χ4v) is 0.936. The highest BCUT2D eigenvalue weighted by molar-refractivity contribution is 5.99. The normalized spacial score (nSPS) is 13.7. The SMILES string of the molecule is O=C(c1ccccc1)C(O)C(O)(O)O. The summed E-state index contributed by atoms with van der Waals surface area (Å²) in [6.45, 7) is 0. The lowest BCUT2D eigenvalue weighted by atomic mass is 10.1. The Balaban J connectivity index is 2.87. The number of Topliss-reactive ketones (excluding diaryl/α,β-unsaturated/α-hetero) is 1. The molecular weight excluding hydrogens is 188 g/mol. The lowest BCUT2D eigenvalue weighted by molar-refractivity contribution is -0.342. The van der Waals surface area contributed by atoms with Gasteiger partial charge in [-0.15, -0.1) is 0 Å². The van der Waals surface area contributed by atoms with E-state index in [1.165, 1.54) is 12.1 Å². The molecule has 0 aliphatic carbocycles. The van der Waals surface area contributed by atoms with Gasteiger partial charge >= 0.3 is 5.97 Å². The molecule has 4 N–H and O–H groups in total. The average molecular weight is 198 g/mol. The summed E-state index contributed by atoms with van der Waals surface area (Å²) < 4.78 is 0. The van der Waals surface area contributed by atoms with E-state index >= 15 is 0 Å². The van der Waals surface area contributed by atoms with Crippen molar-refractivity contribution in [1.82, 2.24) is 0 Å². The standard InChI is InChI=1S/C9H10O5/c10-7(8(11)9(12,13)14)6-4-2-1-3-5-6/h1-5,8,11-14H. The Morgan fingerprint density at radius 1 is 1.14 bits per heavy atom. The number of carbonyl (C=O) groups excluding carboxylic acids is 1. The third kappa shape index (κ3) is 2.36. The zero-order valence-electron chi connectivity index (χ0n) is 7.16. The van der Waals surface area contributed by atoms with E-state index in [9.17, 15) is 4.79 Å². The summed E-state index contributed by atoms with van der Waals surface area (Å²) in [5, 5.41) is 34.7. The number of rotatable bonds is 3. The zero-order valence-corrected chi connectivity index (χ0v) is 7.16. The molecule has 0 bridgehead atoms. The summed E-state index contributed by atoms with van der Waals surface area (Å²) >= 11 is 0. The van der Waals surface area contributed by atoms with Crippen LogP contribution in [0.1, 0.15) is 10.4 Å². The Kier molecular flexibility index (Phi) is 2.97. The predicted octanol–water partition coefficient (Wildman–Crippen LogP) is -1.14. The molecule has 0 aliphatic heterocycles. The summed E-state index contributed by atoms with van der Waals surface area (Å²) in [6, 6.07) is 7.53. The van der Waals surface area contributed by atoms with Crippen molar-refractivity contribution in [3.8, 4) is 0 Å². The number of aliphatic hydroxyl groups excluding tert-OH is 1. The Hall–Kier alpha value is -1.27. The van der Waals surface area contributed by atoms with E-state index in [0.717, 1.165) is 0 Å². The van der Waals surface area contributed by atoms with Crippen LogP contribution in [0.5, 0.6) is 0 Å². The Morgan fingerprint density at radius 2 is 1.64 bits per heavy atom. The second-order valence-electron chi connectivity index (χ2n) is 2.82. The quantitative estimate of drug-likeness (QED) is 0.363. The first kappa shape index (κ1) is 10.8. The van der Waals surface area contributed by atoms with Crippen molar-refractivity contribution < 1.29 is 25.2 Å². The van der Waals surface area contributed by atoms with Crippen LogP contribution in [-0.2, 0) is 0 Å². The number of hydrogen-bond donors (Lipinski definition) is 4. The van der Waals surface area contributed by atoms with Gasteiger partial charge in [-0.25, -0.2) is 0 Å². The van der Waals surface area contributed by atoms with E-state index in [2.05, 4.69) is 0 Å². The van der Waals surface area contributed by atoms with Gasteiger partial charge in [0.05, 0.1) is 0 Å². The molecule has 1 aromatic carbocycles. The van der Waals surface area contributed by atoms with Crippen molar-refractivity contribution in [3.63, 3.8) is 0 Å². The molecule has 1 aromatic rings. The summed E-state index contributed by atoms with van der Waals surface area (Å²) in [6.07, 6.45) is -2.27. The maximum Gasteiger partial charge on any atom is 0.310 e. The van der Waals surface area contributed by atoms with Crippen LogP contribution in [0.25, 0.3) is 0 Å². The van der Waals surface area contributed by atoms with E-state index < -0.39 is 17.9 Å². The van der Waals surface area contributed by atoms with Gasteiger partial charge in [0, 0.05) is 5.56 Å². The molecule has 5 heteroatoms. The summed E-state index contributed by atoms with van der Waals surface area (Å²) in [5.41, 5.74) is 0.0847. The minimum absolute atomic E-state index is 0.0847. The molecule has 0 saturated heterocycles. The molecule has 5 nitrogen and oxygen atoms in total. The molecule has 0 radical (unpaired) electrons. The van der Waals surface area contributed by atoms with Crippen LogP contribution in [0.3, 0.4) is 0 Å². The van der Waals surface area contributed by atoms with Crippen LogP contribution in [-0.4, -0.2) is 38.3 Å². The van der Waals surface area contributed by atoms with E-state index in [1.54, 1.807) is 18.2 Å². The molecule has 0 heterocycles. The molecule has 76 valence electrons. The minimum Gasteiger partial charge on any atom is -0.377 e. The molecule has 0 fully saturated rings. The second kappa shape index (κ2) is 3.85. The third-order valence-electron chi connectivity index (χ3n) is 1.67. The topological polar surface area (TPSA) is 98.0 Å². The van der Waals surface area contributed by atoms with Gasteiger partial charge in [0.25, 0.3) is 0 Å². The molecule has 0 aliphatic rings. The van der Waals surface area contributed by atoms with Crippen molar-refractivity contribution in [2.24, 2.45) is 0 Å². The van der Waals surface area contributed by atoms with Crippen molar-refractivity contribution in [2.75, 3.05) is 0 Å². The molecule has 1 atom stereocenters. The Bertz CT molecular complexity index is 314. The molecule has 0 saturated carbocycles. The van der Waals surface area contributed by atoms with Gasteiger partial charge in [-0.3, -0.25) is 4.79 Å². The lowest BCUT2D eigenvalue weighted by Crippen LogP contribution is -2.46. The first-order chi connectivity index (χ1) is 6.43. The van der Waals surface area contributed by atoms with Crippen LogP contribution >= 0.6 is 0 Å². The first-order valence-electron chi connectivity index (χ1n) is 3.87. The van der Waals surface area contributed by atoms with E-state index in [-0.39, 0.29) is 5.56 Å². The van der Waals surface area contributed by atoms with Gasteiger partial charge in [-0.2, -0.15) is 0 Å². The molecule has 0 aromatic heterocycles. The third-order valence-corrected chi connectivity index (χ3v) is 1.67. The Labute approximate surface area is 79.9 Å². The van der Waals surface area contributed by atoms with Crippen LogP contribution in [0, 0.1) is 0 Å². The van der Waals surface area contributed by atoms with Crippen molar-refractivity contribution in [2.45, 2.75) is 12.1 Å². The summed E-state index contributed by atoms with van der Waals surface area (Å²) in [4.78, 5) is 11.3. The smallest absolute Gasteiger partial charge is 0.310 e. The van der Waals surface area contributed by atoms with Crippen molar-refractivity contribution in [1.29, 1.82) is 0 Å². The monoisotopic (exact) mass is 198 g/mol. The molecule has 0 amide bonds. The zero-order chi connectivity index (χ0) is 10.8. The largest absolute Gasteiger partial charge is 0.377 e.